The molecule has 0 atom stereocenters. The molecule has 1 aromatic carbocycles. The number of hydrogen-bond donors (Lipinski definition) is 1. The molecule has 4 nitrogen and oxygen atoms in total. The maximum atomic E-state index is 12.1. The highest BCUT2D eigenvalue weighted by Gasteiger charge is 2.16. The first-order valence-corrected chi connectivity index (χ1v) is 7.28. The zero-order valence-electron chi connectivity index (χ0n) is 13.5. The second-order valence-electron chi connectivity index (χ2n) is 6.25. The Morgan fingerprint density at radius 2 is 1.86 bits per heavy atom. The third-order valence-electron chi connectivity index (χ3n) is 3.34. The van der Waals surface area contributed by atoms with Gasteiger partial charge in [0.25, 0.3) is 0 Å². The number of carbonyl (C=O) groups is 1. The number of amides is 1. The van der Waals surface area contributed by atoms with Crippen LogP contribution in [0.1, 0.15) is 32.0 Å². The molecule has 22 heavy (non-hydrogen) atoms. The number of nitrogens with zero attached hydrogens (tertiary/aromatic N) is 1. The highest BCUT2D eigenvalue weighted by molar-refractivity contribution is 5.92. The highest BCUT2D eigenvalue weighted by atomic mass is 16.5. The molecule has 1 N–H and O–H groups in total. The minimum Gasteiger partial charge on any atom is -0.497 e. The highest BCUT2D eigenvalue weighted by Crippen LogP contribution is 2.22. The van der Waals surface area contributed by atoms with Crippen molar-refractivity contribution in [3.8, 4) is 5.75 Å². The summed E-state index contributed by atoms with van der Waals surface area (Å²) in [4.78, 5) is 16.5. The van der Waals surface area contributed by atoms with Crippen molar-refractivity contribution in [2.45, 2.75) is 32.6 Å². The van der Waals surface area contributed by atoms with Crippen molar-refractivity contribution in [1.29, 1.82) is 0 Å². The lowest BCUT2D eigenvalue weighted by atomic mass is 9.91. The van der Waals surface area contributed by atoms with Crippen molar-refractivity contribution in [1.82, 2.24) is 4.98 Å². The second-order valence-corrected chi connectivity index (χ2v) is 6.25. The Hall–Kier alpha value is -2.36. The van der Waals surface area contributed by atoms with Gasteiger partial charge in [0.15, 0.2) is 0 Å². The molecule has 0 unspecified atom stereocenters. The van der Waals surface area contributed by atoms with E-state index in [1.54, 1.807) is 19.4 Å². The number of anilines is 1. The molecule has 0 aliphatic rings. The molecule has 1 amide bonds. The number of benzene rings is 1. The summed E-state index contributed by atoms with van der Waals surface area (Å²) in [6.45, 7) is 6.29. The van der Waals surface area contributed by atoms with Gasteiger partial charge < -0.3 is 10.1 Å². The fraction of sp³-hybridized carbons (Fsp3) is 0.333. The number of ether oxygens (including phenoxy) is 1. The van der Waals surface area contributed by atoms with Gasteiger partial charge in [-0.25, -0.2) is 0 Å². The summed E-state index contributed by atoms with van der Waals surface area (Å²) in [5, 5.41) is 2.92. The summed E-state index contributed by atoms with van der Waals surface area (Å²) in [6, 6.07) is 11.2. The monoisotopic (exact) mass is 298 g/mol. The maximum Gasteiger partial charge on any atom is 0.228 e. The van der Waals surface area contributed by atoms with Crippen LogP contribution in [-0.2, 0) is 16.6 Å². The minimum atomic E-state index is -0.0452. The molecule has 4 heteroatoms. The molecular weight excluding hydrogens is 276 g/mol. The first-order chi connectivity index (χ1) is 10.4. The standard InChI is InChI=1S/C18H22N2O2/c1-18(2,3)16-12-14(9-10-19-16)20-17(21)11-13-5-7-15(22-4)8-6-13/h5-10,12H,11H2,1-4H3,(H,19,20,21). The van der Waals surface area contributed by atoms with E-state index >= 15 is 0 Å². The van der Waals surface area contributed by atoms with Crippen molar-refractivity contribution in [3.63, 3.8) is 0 Å². The molecule has 1 aromatic heterocycles. The first-order valence-electron chi connectivity index (χ1n) is 7.28. The van der Waals surface area contributed by atoms with Gasteiger partial charge in [0, 0.05) is 23.0 Å². The van der Waals surface area contributed by atoms with Gasteiger partial charge in [-0.05, 0) is 29.8 Å². The van der Waals surface area contributed by atoms with Crippen LogP contribution in [-0.4, -0.2) is 18.0 Å². The van der Waals surface area contributed by atoms with Crippen LogP contribution in [0, 0.1) is 0 Å². The molecule has 0 aliphatic heterocycles. The van der Waals surface area contributed by atoms with Crippen LogP contribution in [0.2, 0.25) is 0 Å². The van der Waals surface area contributed by atoms with E-state index in [1.807, 2.05) is 30.3 Å². The third kappa shape index (κ3) is 4.32. The number of aromatic nitrogens is 1. The zero-order chi connectivity index (χ0) is 16.2. The molecule has 0 fully saturated rings. The van der Waals surface area contributed by atoms with Crippen molar-refractivity contribution >= 4 is 11.6 Å². The van der Waals surface area contributed by atoms with Crippen LogP contribution in [0.25, 0.3) is 0 Å². The lowest BCUT2D eigenvalue weighted by Crippen LogP contribution is -2.17. The van der Waals surface area contributed by atoms with Crippen LogP contribution < -0.4 is 10.1 Å². The van der Waals surface area contributed by atoms with E-state index in [1.165, 1.54) is 0 Å². The zero-order valence-corrected chi connectivity index (χ0v) is 13.5. The van der Waals surface area contributed by atoms with Crippen molar-refractivity contribution in [2.75, 3.05) is 12.4 Å². The predicted octanol–water partition coefficient (Wildman–Crippen LogP) is 3.57. The summed E-state index contributed by atoms with van der Waals surface area (Å²) in [7, 11) is 1.62. The SMILES string of the molecule is COc1ccc(CC(=O)Nc2ccnc(C(C)(C)C)c2)cc1. The molecule has 116 valence electrons. The van der Waals surface area contributed by atoms with Crippen LogP contribution in [0.5, 0.6) is 5.75 Å². The molecule has 0 saturated heterocycles. The predicted molar refractivity (Wildman–Crippen MR) is 88.3 cm³/mol. The number of nitrogens with one attached hydrogen (secondary N) is 1. The Kier molecular flexibility index (Phi) is 4.81. The van der Waals surface area contributed by atoms with E-state index in [-0.39, 0.29) is 11.3 Å². The Labute approximate surface area is 131 Å². The Bertz CT molecular complexity index is 643. The largest absolute Gasteiger partial charge is 0.497 e. The lowest BCUT2D eigenvalue weighted by molar-refractivity contribution is -0.115. The van der Waals surface area contributed by atoms with Crippen molar-refractivity contribution < 1.29 is 9.53 Å². The minimum absolute atomic E-state index is 0.0449. The fourth-order valence-corrected chi connectivity index (χ4v) is 2.05. The molecule has 0 radical (unpaired) electrons. The first kappa shape index (κ1) is 16.0. The van der Waals surface area contributed by atoms with Gasteiger partial charge >= 0.3 is 0 Å². The molecule has 2 aromatic rings. The molecule has 0 saturated carbocycles. The molecule has 0 bridgehead atoms. The smallest absolute Gasteiger partial charge is 0.228 e. The number of carbonyl (C=O) groups excluding carboxylic acids is 1. The average molecular weight is 298 g/mol. The average Bonchev–Trinajstić information content (AvgIpc) is 2.47. The summed E-state index contributed by atoms with van der Waals surface area (Å²) in [5.74, 6) is 0.740. The number of rotatable bonds is 4. The van der Waals surface area contributed by atoms with Gasteiger partial charge in [-0.2, -0.15) is 0 Å². The second kappa shape index (κ2) is 6.60. The van der Waals surface area contributed by atoms with Crippen molar-refractivity contribution in [3.05, 3.63) is 53.9 Å². The van der Waals surface area contributed by atoms with E-state index in [0.717, 1.165) is 22.7 Å². The molecular formula is C18H22N2O2. The molecule has 0 spiro atoms. The van der Waals surface area contributed by atoms with Crippen LogP contribution in [0.15, 0.2) is 42.6 Å². The number of hydrogen-bond acceptors (Lipinski definition) is 3. The van der Waals surface area contributed by atoms with E-state index in [4.69, 9.17) is 4.74 Å². The van der Waals surface area contributed by atoms with E-state index in [2.05, 4.69) is 31.1 Å². The Morgan fingerprint density at radius 3 is 2.45 bits per heavy atom. The van der Waals surface area contributed by atoms with E-state index in [0.29, 0.717) is 6.42 Å². The van der Waals surface area contributed by atoms with Gasteiger partial charge in [0.1, 0.15) is 5.75 Å². The van der Waals surface area contributed by atoms with Crippen LogP contribution >= 0.6 is 0 Å². The summed E-state index contributed by atoms with van der Waals surface area (Å²) in [5.41, 5.74) is 2.63. The third-order valence-corrected chi connectivity index (χ3v) is 3.34. The summed E-state index contributed by atoms with van der Waals surface area (Å²) >= 11 is 0. The number of methoxy groups -OCH3 is 1. The van der Waals surface area contributed by atoms with Gasteiger partial charge in [0.05, 0.1) is 13.5 Å². The quantitative estimate of drug-likeness (QED) is 0.939. The van der Waals surface area contributed by atoms with Crippen molar-refractivity contribution in [2.24, 2.45) is 0 Å². The summed E-state index contributed by atoms with van der Waals surface area (Å²) < 4.78 is 5.11. The molecule has 1 heterocycles. The van der Waals surface area contributed by atoms with Gasteiger partial charge in [-0.3, -0.25) is 9.78 Å². The maximum absolute atomic E-state index is 12.1. The number of pyridine rings is 1. The topological polar surface area (TPSA) is 51.2 Å². The van der Waals surface area contributed by atoms with Crippen LogP contribution in [0.3, 0.4) is 0 Å². The fourth-order valence-electron chi connectivity index (χ4n) is 2.05. The van der Waals surface area contributed by atoms with Crippen LogP contribution in [0.4, 0.5) is 5.69 Å². The molecule has 0 aliphatic carbocycles. The Morgan fingerprint density at radius 1 is 1.18 bits per heavy atom. The molecule has 2 rings (SSSR count). The lowest BCUT2D eigenvalue weighted by Gasteiger charge is -2.18. The Balaban J connectivity index is 2.02. The summed E-state index contributed by atoms with van der Waals surface area (Å²) in [6.07, 6.45) is 2.06. The van der Waals surface area contributed by atoms with Gasteiger partial charge in [-0.15, -0.1) is 0 Å². The van der Waals surface area contributed by atoms with Gasteiger partial charge in [0.2, 0.25) is 5.91 Å². The normalized spacial score (nSPS) is 11.1. The van der Waals surface area contributed by atoms with E-state index < -0.39 is 0 Å². The van der Waals surface area contributed by atoms with E-state index in [9.17, 15) is 4.79 Å². The van der Waals surface area contributed by atoms with Gasteiger partial charge in [-0.1, -0.05) is 32.9 Å².